The molecule has 0 spiro atoms. The van der Waals surface area contributed by atoms with Gasteiger partial charge in [-0.15, -0.1) is 11.8 Å². The normalized spacial score (nSPS) is 15.8. The largest absolute Gasteiger partial charge is 0.496 e. The van der Waals surface area contributed by atoms with Crippen LogP contribution in [0.5, 0.6) is 5.75 Å². The third-order valence-corrected chi connectivity index (χ3v) is 7.17. The molecular formula is C26H26N2O4S2. The van der Waals surface area contributed by atoms with Crippen molar-refractivity contribution in [3.8, 4) is 5.75 Å². The molecule has 6 nitrogen and oxygen atoms in total. The summed E-state index contributed by atoms with van der Waals surface area (Å²) >= 11 is 2.93. The van der Waals surface area contributed by atoms with Crippen molar-refractivity contribution in [2.45, 2.75) is 37.8 Å². The van der Waals surface area contributed by atoms with Gasteiger partial charge < -0.3 is 9.47 Å². The standard InChI is InChI=1S/C26H26N2O4S2/c1-15(2)32-25(30)22-16(3)27-26-28(23(22)17-10-12-19(33-5)13-11-17)24(29)21(34-26)14-18-8-6-7-9-20(18)31-4/h6-15,23H,1-5H3/b21-14+/t23-/m1/s1. The zero-order chi connectivity index (χ0) is 24.4. The van der Waals surface area contributed by atoms with E-state index in [2.05, 4.69) is 4.99 Å². The Morgan fingerprint density at radius 3 is 2.53 bits per heavy atom. The lowest BCUT2D eigenvalue weighted by atomic mass is 9.96. The van der Waals surface area contributed by atoms with Gasteiger partial charge in [-0.1, -0.05) is 41.7 Å². The number of carbonyl (C=O) groups is 1. The third-order valence-electron chi connectivity index (χ3n) is 5.44. The minimum absolute atomic E-state index is 0.212. The number of ether oxygens (including phenoxy) is 2. The van der Waals surface area contributed by atoms with Crippen LogP contribution in [0, 0.1) is 0 Å². The molecule has 1 aromatic heterocycles. The van der Waals surface area contributed by atoms with E-state index in [0.29, 0.717) is 26.4 Å². The van der Waals surface area contributed by atoms with Crippen molar-refractivity contribution in [1.29, 1.82) is 0 Å². The van der Waals surface area contributed by atoms with Crippen LogP contribution in [-0.2, 0) is 9.53 Å². The average Bonchev–Trinajstić information content (AvgIpc) is 3.12. The van der Waals surface area contributed by atoms with Crippen molar-refractivity contribution in [1.82, 2.24) is 4.57 Å². The van der Waals surface area contributed by atoms with E-state index in [1.54, 1.807) is 44.2 Å². The second kappa shape index (κ2) is 10.0. The predicted molar refractivity (Wildman–Crippen MR) is 136 cm³/mol. The summed E-state index contributed by atoms with van der Waals surface area (Å²) in [7, 11) is 1.60. The van der Waals surface area contributed by atoms with Crippen LogP contribution >= 0.6 is 23.1 Å². The van der Waals surface area contributed by atoms with Gasteiger partial charge in [-0.25, -0.2) is 9.79 Å². The molecule has 0 saturated heterocycles. The fourth-order valence-electron chi connectivity index (χ4n) is 3.89. The lowest BCUT2D eigenvalue weighted by molar-refractivity contribution is -0.143. The zero-order valence-electron chi connectivity index (χ0n) is 19.7. The van der Waals surface area contributed by atoms with Crippen LogP contribution < -0.4 is 19.6 Å². The van der Waals surface area contributed by atoms with Crippen molar-refractivity contribution in [3.05, 3.63) is 90.6 Å². The van der Waals surface area contributed by atoms with Gasteiger partial charge in [-0.2, -0.15) is 0 Å². The topological polar surface area (TPSA) is 69.9 Å². The molecule has 1 aliphatic rings. The number of hydrogen-bond donors (Lipinski definition) is 0. The van der Waals surface area contributed by atoms with Gasteiger partial charge in [-0.3, -0.25) is 9.36 Å². The number of aromatic nitrogens is 1. The predicted octanol–water partition coefficient (Wildman–Crippen LogP) is 3.92. The van der Waals surface area contributed by atoms with Gasteiger partial charge in [-0.05, 0) is 56.9 Å². The molecule has 2 aromatic carbocycles. The Labute approximate surface area is 206 Å². The lowest BCUT2D eigenvalue weighted by Gasteiger charge is -2.25. The number of thiazole rings is 1. The number of benzene rings is 2. The van der Waals surface area contributed by atoms with E-state index in [1.165, 1.54) is 11.3 Å². The van der Waals surface area contributed by atoms with E-state index < -0.39 is 12.0 Å². The number of nitrogens with zero attached hydrogens (tertiary/aromatic N) is 2. The fraction of sp³-hybridized carbons (Fsp3) is 0.269. The number of para-hydroxylation sites is 1. The van der Waals surface area contributed by atoms with Crippen molar-refractivity contribution in [2.75, 3.05) is 13.4 Å². The maximum atomic E-state index is 13.7. The Morgan fingerprint density at radius 1 is 1.18 bits per heavy atom. The summed E-state index contributed by atoms with van der Waals surface area (Å²) in [6.45, 7) is 5.40. The summed E-state index contributed by atoms with van der Waals surface area (Å²) in [6.07, 6.45) is 3.52. The van der Waals surface area contributed by atoms with E-state index in [9.17, 15) is 9.59 Å². The van der Waals surface area contributed by atoms with Crippen LogP contribution in [-0.4, -0.2) is 30.0 Å². The van der Waals surface area contributed by atoms with E-state index in [1.807, 2.05) is 60.9 Å². The number of hydrogen-bond acceptors (Lipinski definition) is 7. The molecule has 1 atom stereocenters. The number of methoxy groups -OCH3 is 1. The Hall–Kier alpha value is -3.10. The highest BCUT2D eigenvalue weighted by Gasteiger charge is 2.33. The molecule has 0 fully saturated rings. The fourth-order valence-corrected chi connectivity index (χ4v) is 5.33. The molecule has 4 rings (SSSR count). The van der Waals surface area contributed by atoms with Crippen molar-refractivity contribution >= 4 is 35.1 Å². The molecule has 0 aliphatic carbocycles. The highest BCUT2D eigenvalue weighted by molar-refractivity contribution is 7.98. The molecule has 1 aliphatic heterocycles. The van der Waals surface area contributed by atoms with Gasteiger partial charge in [0.25, 0.3) is 5.56 Å². The SMILES string of the molecule is COc1ccccc1/C=c1/sc2n(c1=O)[C@H](c1ccc(SC)cc1)C(C(=O)OC(C)C)=C(C)N=2. The number of fused-ring (bicyclic) bond motifs is 1. The van der Waals surface area contributed by atoms with Crippen molar-refractivity contribution < 1.29 is 14.3 Å². The van der Waals surface area contributed by atoms with Crippen LogP contribution in [0.25, 0.3) is 6.08 Å². The van der Waals surface area contributed by atoms with E-state index in [4.69, 9.17) is 9.47 Å². The molecule has 0 bridgehead atoms. The first-order valence-corrected chi connectivity index (χ1v) is 12.9. The smallest absolute Gasteiger partial charge is 0.338 e. The first-order chi connectivity index (χ1) is 16.3. The average molecular weight is 495 g/mol. The molecule has 8 heteroatoms. The highest BCUT2D eigenvalue weighted by atomic mass is 32.2. The zero-order valence-corrected chi connectivity index (χ0v) is 21.3. The summed E-state index contributed by atoms with van der Waals surface area (Å²) in [6, 6.07) is 14.8. The van der Waals surface area contributed by atoms with Crippen molar-refractivity contribution in [2.24, 2.45) is 4.99 Å². The molecule has 0 radical (unpaired) electrons. The van der Waals surface area contributed by atoms with Crippen LogP contribution in [0.1, 0.15) is 37.9 Å². The van der Waals surface area contributed by atoms with E-state index >= 15 is 0 Å². The highest BCUT2D eigenvalue weighted by Crippen LogP contribution is 2.32. The van der Waals surface area contributed by atoms with Gasteiger partial charge in [0.2, 0.25) is 0 Å². The van der Waals surface area contributed by atoms with Gasteiger partial charge in [0.1, 0.15) is 5.75 Å². The van der Waals surface area contributed by atoms with Gasteiger partial charge in [0.05, 0.1) is 35.1 Å². The molecule has 0 unspecified atom stereocenters. The monoisotopic (exact) mass is 494 g/mol. The molecule has 0 N–H and O–H groups in total. The molecule has 2 heterocycles. The van der Waals surface area contributed by atoms with Gasteiger partial charge in [0, 0.05) is 10.5 Å². The van der Waals surface area contributed by atoms with Crippen LogP contribution in [0.4, 0.5) is 0 Å². The molecule has 0 saturated carbocycles. The molecule has 176 valence electrons. The maximum Gasteiger partial charge on any atom is 0.338 e. The van der Waals surface area contributed by atoms with Gasteiger partial charge >= 0.3 is 5.97 Å². The van der Waals surface area contributed by atoms with E-state index in [-0.39, 0.29) is 11.7 Å². The Balaban J connectivity index is 1.95. The summed E-state index contributed by atoms with van der Waals surface area (Å²) in [5.41, 5.74) is 2.34. The lowest BCUT2D eigenvalue weighted by Crippen LogP contribution is -2.40. The Kier molecular flexibility index (Phi) is 7.09. The summed E-state index contributed by atoms with van der Waals surface area (Å²) < 4.78 is 13.1. The second-order valence-electron chi connectivity index (χ2n) is 8.05. The maximum absolute atomic E-state index is 13.7. The van der Waals surface area contributed by atoms with E-state index in [0.717, 1.165) is 16.0 Å². The quantitative estimate of drug-likeness (QED) is 0.384. The van der Waals surface area contributed by atoms with Crippen LogP contribution in [0.2, 0.25) is 0 Å². The number of rotatable bonds is 6. The Bertz CT molecular complexity index is 1430. The second-order valence-corrected chi connectivity index (χ2v) is 9.94. The minimum Gasteiger partial charge on any atom is -0.496 e. The third kappa shape index (κ3) is 4.60. The molecular weight excluding hydrogens is 468 g/mol. The van der Waals surface area contributed by atoms with Crippen molar-refractivity contribution in [3.63, 3.8) is 0 Å². The number of carbonyl (C=O) groups excluding carboxylic acids is 1. The van der Waals surface area contributed by atoms with Gasteiger partial charge in [0.15, 0.2) is 4.80 Å². The first kappa shape index (κ1) is 24.0. The molecule has 3 aromatic rings. The summed E-state index contributed by atoms with van der Waals surface area (Å²) in [4.78, 5) is 33.1. The van der Waals surface area contributed by atoms with Crippen LogP contribution in [0.3, 0.4) is 0 Å². The molecule has 0 amide bonds. The first-order valence-electron chi connectivity index (χ1n) is 10.8. The number of esters is 1. The molecule has 34 heavy (non-hydrogen) atoms. The Morgan fingerprint density at radius 2 is 1.88 bits per heavy atom. The summed E-state index contributed by atoms with van der Waals surface area (Å²) in [5, 5.41) is 0. The minimum atomic E-state index is -0.627. The summed E-state index contributed by atoms with van der Waals surface area (Å²) in [5.74, 6) is 0.212. The number of thioether (sulfide) groups is 1. The van der Waals surface area contributed by atoms with Crippen LogP contribution in [0.15, 0.2) is 74.5 Å². The number of allylic oxidation sites excluding steroid dienone is 1.